The topological polar surface area (TPSA) is 69.8 Å². The fraction of sp³-hybridized carbons (Fsp3) is 0.429. The third-order valence-corrected chi connectivity index (χ3v) is 3.61. The number of anilines is 1. The van der Waals surface area contributed by atoms with E-state index in [1.807, 2.05) is 24.3 Å². The highest BCUT2D eigenvalue weighted by molar-refractivity contribution is 8.93. The van der Waals surface area contributed by atoms with Crippen LogP contribution in [0.2, 0.25) is 0 Å². The van der Waals surface area contributed by atoms with Gasteiger partial charge in [0.05, 0.1) is 5.39 Å². The Bertz CT molecular complexity index is 624. The molecule has 0 aliphatic carbocycles. The minimum atomic E-state index is -0.135. The van der Waals surface area contributed by atoms with Gasteiger partial charge >= 0.3 is 0 Å². The van der Waals surface area contributed by atoms with Crippen LogP contribution >= 0.6 is 34.0 Å². The number of benzene rings is 1. The van der Waals surface area contributed by atoms with Crippen molar-refractivity contribution in [1.29, 1.82) is 0 Å². The molecular weight excluding hydrogens is 400 g/mol. The van der Waals surface area contributed by atoms with Crippen LogP contribution in [0.1, 0.15) is 19.3 Å². The number of hydrogen-bond acceptors (Lipinski definition) is 4. The number of rotatable bonds is 2. The molecule has 0 amide bonds. The quantitative estimate of drug-likeness (QED) is 0.699. The highest BCUT2D eigenvalue weighted by Crippen LogP contribution is 2.19. The fourth-order valence-corrected chi connectivity index (χ4v) is 2.58. The highest BCUT2D eigenvalue weighted by atomic mass is 79.9. The van der Waals surface area contributed by atoms with Gasteiger partial charge in [0.15, 0.2) is 5.82 Å². The monoisotopic (exact) mass is 418 g/mol. The molecule has 1 fully saturated rings. The molecule has 0 spiro atoms. The highest BCUT2D eigenvalue weighted by Gasteiger charge is 2.14. The fourth-order valence-electron chi connectivity index (χ4n) is 2.58. The van der Waals surface area contributed by atoms with Crippen LogP contribution in [0.15, 0.2) is 29.1 Å². The molecule has 1 aliphatic heterocycles. The first-order chi connectivity index (χ1) is 9.34. The summed E-state index contributed by atoms with van der Waals surface area (Å²) in [6.07, 6.45) is 3.37. The van der Waals surface area contributed by atoms with E-state index >= 15 is 0 Å². The number of aromatic nitrogens is 2. The Balaban J connectivity index is 0.00000110. The molecule has 116 valence electrons. The van der Waals surface area contributed by atoms with Crippen LogP contribution in [-0.2, 0) is 0 Å². The molecule has 1 aromatic carbocycles. The zero-order valence-electron chi connectivity index (χ0n) is 11.6. The van der Waals surface area contributed by atoms with E-state index in [4.69, 9.17) is 0 Å². The Kier molecular flexibility index (Phi) is 7.34. The van der Waals surface area contributed by atoms with Crippen molar-refractivity contribution in [3.8, 4) is 0 Å². The molecule has 5 nitrogen and oxygen atoms in total. The van der Waals surface area contributed by atoms with Crippen molar-refractivity contribution in [3.63, 3.8) is 0 Å². The molecule has 0 saturated carbocycles. The van der Waals surface area contributed by atoms with Gasteiger partial charge in [-0.1, -0.05) is 18.2 Å². The van der Waals surface area contributed by atoms with E-state index < -0.39 is 0 Å². The van der Waals surface area contributed by atoms with Gasteiger partial charge in [0, 0.05) is 11.4 Å². The van der Waals surface area contributed by atoms with Gasteiger partial charge in [0.1, 0.15) is 0 Å². The number of fused-ring (bicyclic) bond motifs is 1. The van der Waals surface area contributed by atoms with Crippen LogP contribution in [0, 0.1) is 0 Å². The molecule has 7 heteroatoms. The summed E-state index contributed by atoms with van der Waals surface area (Å²) in [6, 6.07) is 7.99. The van der Waals surface area contributed by atoms with Crippen molar-refractivity contribution >= 4 is 50.6 Å². The third kappa shape index (κ3) is 4.28. The molecular formula is C14H20Br2N4O. The summed E-state index contributed by atoms with van der Waals surface area (Å²) in [4.78, 5) is 11.7. The van der Waals surface area contributed by atoms with Gasteiger partial charge in [0.25, 0.3) is 5.56 Å². The Labute approximate surface area is 144 Å². The van der Waals surface area contributed by atoms with E-state index in [-0.39, 0.29) is 39.5 Å². The summed E-state index contributed by atoms with van der Waals surface area (Å²) < 4.78 is 0. The molecule has 1 saturated heterocycles. The molecule has 0 radical (unpaired) electrons. The van der Waals surface area contributed by atoms with Crippen molar-refractivity contribution in [2.45, 2.75) is 25.3 Å². The Morgan fingerprint density at radius 2 is 1.86 bits per heavy atom. The third-order valence-electron chi connectivity index (χ3n) is 3.61. The Hall–Kier alpha value is -0.920. The lowest BCUT2D eigenvalue weighted by Crippen LogP contribution is -2.23. The maximum atomic E-state index is 11.7. The lowest BCUT2D eigenvalue weighted by Gasteiger charge is -2.17. The normalized spacial score (nSPS) is 18.2. The molecule has 1 aliphatic rings. The predicted molar refractivity (Wildman–Crippen MR) is 97.1 cm³/mol. The van der Waals surface area contributed by atoms with Gasteiger partial charge in [-0.2, -0.15) is 5.10 Å². The second kappa shape index (κ2) is 8.51. The largest absolute Gasteiger partial charge is 0.365 e. The van der Waals surface area contributed by atoms with Crippen molar-refractivity contribution in [2.24, 2.45) is 0 Å². The maximum absolute atomic E-state index is 11.7. The van der Waals surface area contributed by atoms with Gasteiger partial charge in [-0.05, 0) is 38.4 Å². The van der Waals surface area contributed by atoms with Crippen LogP contribution in [0.4, 0.5) is 5.82 Å². The standard InChI is InChI=1S/C14H18N4O.2BrH/c19-14-12-6-2-1-5-11(12)13(17-18-14)16-10-4-3-8-15-9-7-10;;/h1-2,5-6,10,15H,3-4,7-9H2,(H,16,17)(H,18,19);2*1H. The zero-order valence-corrected chi connectivity index (χ0v) is 15.0. The van der Waals surface area contributed by atoms with Gasteiger partial charge in [0.2, 0.25) is 0 Å². The van der Waals surface area contributed by atoms with Crippen molar-refractivity contribution in [2.75, 3.05) is 18.4 Å². The summed E-state index contributed by atoms with van der Waals surface area (Å²) in [5.41, 5.74) is -0.135. The first-order valence-corrected chi connectivity index (χ1v) is 6.79. The van der Waals surface area contributed by atoms with Crippen LogP contribution in [0.3, 0.4) is 0 Å². The summed E-state index contributed by atoms with van der Waals surface area (Å²) in [5, 5.41) is 15.2. The number of hydrogen-bond donors (Lipinski definition) is 3. The van der Waals surface area contributed by atoms with E-state index in [2.05, 4.69) is 20.8 Å². The molecule has 0 bridgehead atoms. The number of nitrogens with zero attached hydrogens (tertiary/aromatic N) is 1. The van der Waals surface area contributed by atoms with E-state index in [1.165, 1.54) is 6.42 Å². The van der Waals surface area contributed by atoms with Gasteiger partial charge < -0.3 is 10.6 Å². The van der Waals surface area contributed by atoms with Crippen LogP contribution in [0.25, 0.3) is 10.8 Å². The number of aromatic amines is 1. The molecule has 1 unspecified atom stereocenters. The minimum Gasteiger partial charge on any atom is -0.365 e. The van der Waals surface area contributed by atoms with Crippen molar-refractivity contribution in [1.82, 2.24) is 15.5 Å². The van der Waals surface area contributed by atoms with E-state index in [1.54, 1.807) is 0 Å². The number of nitrogens with one attached hydrogen (secondary N) is 3. The first kappa shape index (κ1) is 18.1. The molecule has 3 rings (SSSR count). The van der Waals surface area contributed by atoms with Crippen LogP contribution < -0.4 is 16.2 Å². The predicted octanol–water partition coefficient (Wildman–Crippen LogP) is 2.63. The summed E-state index contributed by atoms with van der Waals surface area (Å²) in [5.74, 6) is 0.780. The smallest absolute Gasteiger partial charge is 0.272 e. The van der Waals surface area contributed by atoms with Crippen molar-refractivity contribution in [3.05, 3.63) is 34.6 Å². The number of H-pyrrole nitrogens is 1. The second-order valence-electron chi connectivity index (χ2n) is 4.97. The van der Waals surface area contributed by atoms with Crippen LogP contribution in [0.5, 0.6) is 0 Å². The van der Waals surface area contributed by atoms with Gasteiger partial charge in [-0.15, -0.1) is 34.0 Å². The summed E-state index contributed by atoms with van der Waals surface area (Å²) in [7, 11) is 0. The minimum absolute atomic E-state index is 0. The second-order valence-corrected chi connectivity index (χ2v) is 4.97. The number of halogens is 2. The Morgan fingerprint density at radius 1 is 1.10 bits per heavy atom. The lowest BCUT2D eigenvalue weighted by molar-refractivity contribution is 0.634. The van der Waals surface area contributed by atoms with Gasteiger partial charge in [-0.3, -0.25) is 4.79 Å². The molecule has 2 heterocycles. The Morgan fingerprint density at radius 3 is 2.67 bits per heavy atom. The van der Waals surface area contributed by atoms with E-state index in [0.717, 1.165) is 37.1 Å². The van der Waals surface area contributed by atoms with E-state index in [9.17, 15) is 4.79 Å². The lowest BCUT2D eigenvalue weighted by atomic mass is 10.1. The molecule has 1 atom stereocenters. The van der Waals surface area contributed by atoms with Gasteiger partial charge in [-0.25, -0.2) is 5.10 Å². The SMILES string of the molecule is Br.Br.O=c1[nH]nc(NC2CCCNCC2)c2ccccc12. The molecule has 3 N–H and O–H groups in total. The van der Waals surface area contributed by atoms with Crippen molar-refractivity contribution < 1.29 is 0 Å². The average Bonchev–Trinajstić information content (AvgIpc) is 2.71. The zero-order chi connectivity index (χ0) is 13.1. The van der Waals surface area contributed by atoms with Crippen LogP contribution in [-0.4, -0.2) is 29.3 Å². The average molecular weight is 420 g/mol. The molecule has 21 heavy (non-hydrogen) atoms. The molecule has 1 aromatic heterocycles. The molecule has 2 aromatic rings. The summed E-state index contributed by atoms with van der Waals surface area (Å²) >= 11 is 0. The maximum Gasteiger partial charge on any atom is 0.272 e. The first-order valence-electron chi connectivity index (χ1n) is 6.79. The van der Waals surface area contributed by atoms with E-state index in [0.29, 0.717) is 11.4 Å². The summed E-state index contributed by atoms with van der Waals surface area (Å²) in [6.45, 7) is 2.11.